The maximum Gasteiger partial charge on any atom is 0.248 e. The van der Waals surface area contributed by atoms with Crippen LogP contribution in [0.4, 0.5) is 0 Å². The van der Waals surface area contributed by atoms with Crippen LogP contribution < -0.4 is 5.56 Å². The van der Waals surface area contributed by atoms with Gasteiger partial charge in [-0.05, 0) is 49.1 Å². The molecular weight excluding hydrogens is 198 g/mol. The molecule has 1 aromatic rings. The maximum absolute atomic E-state index is 11.6. The Balaban J connectivity index is 2.42. The Labute approximate surface area is 97.1 Å². The molecule has 1 heterocycles. The van der Waals surface area contributed by atoms with E-state index in [2.05, 4.69) is 18.8 Å². The van der Waals surface area contributed by atoms with Crippen LogP contribution in [-0.2, 0) is 19.3 Å². The Morgan fingerprint density at radius 3 is 2.75 bits per heavy atom. The highest BCUT2D eigenvalue weighted by Crippen LogP contribution is 2.22. The largest absolute Gasteiger partial charge is 0.326 e. The van der Waals surface area contributed by atoms with Gasteiger partial charge in [0.1, 0.15) is 0 Å². The molecule has 0 saturated carbocycles. The predicted octanol–water partition coefficient (Wildman–Crippen LogP) is 2.84. The van der Waals surface area contributed by atoms with E-state index < -0.39 is 0 Å². The summed E-state index contributed by atoms with van der Waals surface area (Å²) in [5.74, 6) is 0.602. The molecule has 0 amide bonds. The zero-order chi connectivity index (χ0) is 11.5. The van der Waals surface area contributed by atoms with E-state index in [0.29, 0.717) is 5.92 Å². The summed E-state index contributed by atoms with van der Waals surface area (Å²) in [4.78, 5) is 14.6. The summed E-state index contributed by atoms with van der Waals surface area (Å²) in [7, 11) is 0. The van der Waals surface area contributed by atoms with Gasteiger partial charge in [0.05, 0.1) is 0 Å². The van der Waals surface area contributed by atoms with Gasteiger partial charge in [0.25, 0.3) is 0 Å². The van der Waals surface area contributed by atoms with Gasteiger partial charge in [-0.25, -0.2) is 0 Å². The molecule has 0 aliphatic heterocycles. The first-order valence-electron chi connectivity index (χ1n) is 6.41. The highest BCUT2D eigenvalue weighted by Gasteiger charge is 2.14. The molecule has 2 heteroatoms. The average molecular weight is 219 g/mol. The summed E-state index contributed by atoms with van der Waals surface area (Å²) in [6.07, 6.45) is 7.03. The van der Waals surface area contributed by atoms with Gasteiger partial charge in [-0.15, -0.1) is 0 Å². The lowest BCUT2D eigenvalue weighted by Crippen LogP contribution is -2.15. The van der Waals surface area contributed by atoms with Crippen molar-refractivity contribution in [2.24, 2.45) is 5.92 Å². The summed E-state index contributed by atoms with van der Waals surface area (Å²) in [5.41, 5.74) is 4.01. The Bertz CT molecular complexity index is 417. The zero-order valence-corrected chi connectivity index (χ0v) is 10.3. The molecule has 0 unspecified atom stereocenters. The van der Waals surface area contributed by atoms with Gasteiger partial charge in [0.2, 0.25) is 5.56 Å². The molecule has 0 fully saturated rings. The number of hydrogen-bond donors (Lipinski definition) is 1. The molecule has 1 aliphatic rings. The van der Waals surface area contributed by atoms with E-state index in [-0.39, 0.29) is 5.56 Å². The minimum absolute atomic E-state index is 0.0799. The molecule has 0 saturated heterocycles. The number of pyridine rings is 1. The summed E-state index contributed by atoms with van der Waals surface area (Å²) >= 11 is 0. The first-order valence-corrected chi connectivity index (χ1v) is 6.41. The van der Waals surface area contributed by atoms with Crippen LogP contribution in [0.2, 0.25) is 0 Å². The average Bonchev–Trinajstić information content (AvgIpc) is 2.41. The van der Waals surface area contributed by atoms with Gasteiger partial charge in [0.15, 0.2) is 0 Å². The molecule has 1 aliphatic carbocycles. The monoisotopic (exact) mass is 219 g/mol. The minimum atomic E-state index is 0.0799. The maximum atomic E-state index is 11.6. The molecule has 1 N–H and O–H groups in total. The Morgan fingerprint density at radius 1 is 1.25 bits per heavy atom. The van der Waals surface area contributed by atoms with Crippen molar-refractivity contribution >= 4 is 0 Å². The fourth-order valence-corrected chi connectivity index (χ4v) is 2.61. The summed E-state index contributed by atoms with van der Waals surface area (Å²) < 4.78 is 0. The van der Waals surface area contributed by atoms with E-state index in [9.17, 15) is 4.79 Å². The molecule has 0 aromatic carbocycles. The number of fused-ring (bicyclic) bond motifs is 1. The zero-order valence-electron chi connectivity index (χ0n) is 10.3. The molecule has 2 rings (SSSR count). The second-order valence-corrected chi connectivity index (χ2v) is 5.27. The fraction of sp³-hybridized carbons (Fsp3) is 0.643. The van der Waals surface area contributed by atoms with Crippen LogP contribution in [0.3, 0.4) is 0 Å². The molecular formula is C14H21NO. The van der Waals surface area contributed by atoms with E-state index in [4.69, 9.17) is 0 Å². The molecule has 0 radical (unpaired) electrons. The first-order chi connectivity index (χ1) is 7.66. The minimum Gasteiger partial charge on any atom is -0.326 e. The lowest BCUT2D eigenvalue weighted by atomic mass is 9.96. The van der Waals surface area contributed by atoms with Crippen molar-refractivity contribution in [3.63, 3.8) is 0 Å². The van der Waals surface area contributed by atoms with Crippen LogP contribution in [0.25, 0.3) is 0 Å². The number of aryl methyl sites for hydroxylation is 1. The summed E-state index contributed by atoms with van der Waals surface area (Å²) in [5, 5.41) is 0. The quantitative estimate of drug-likeness (QED) is 0.762. The second kappa shape index (κ2) is 4.86. The molecule has 2 nitrogen and oxygen atoms in total. The van der Waals surface area contributed by atoms with E-state index in [1.165, 1.54) is 36.1 Å². The van der Waals surface area contributed by atoms with Gasteiger partial charge in [-0.3, -0.25) is 4.79 Å². The molecule has 88 valence electrons. The van der Waals surface area contributed by atoms with Gasteiger partial charge in [-0.2, -0.15) is 0 Å². The van der Waals surface area contributed by atoms with Gasteiger partial charge in [-0.1, -0.05) is 20.3 Å². The van der Waals surface area contributed by atoms with Crippen molar-refractivity contribution in [1.82, 2.24) is 4.98 Å². The molecule has 0 spiro atoms. The van der Waals surface area contributed by atoms with Gasteiger partial charge >= 0.3 is 0 Å². The smallest absolute Gasteiger partial charge is 0.248 e. The highest BCUT2D eigenvalue weighted by atomic mass is 16.1. The lowest BCUT2D eigenvalue weighted by molar-refractivity contribution is 0.625. The predicted molar refractivity (Wildman–Crippen MR) is 66.9 cm³/mol. The van der Waals surface area contributed by atoms with Crippen molar-refractivity contribution in [1.29, 1.82) is 0 Å². The lowest BCUT2D eigenvalue weighted by Gasteiger charge is -2.13. The summed E-state index contributed by atoms with van der Waals surface area (Å²) in [6, 6.07) is 1.81. The Kier molecular flexibility index (Phi) is 3.47. The number of aromatic nitrogens is 1. The number of nitrogens with one attached hydrogen (secondary N) is 1. The van der Waals surface area contributed by atoms with Crippen LogP contribution >= 0.6 is 0 Å². The van der Waals surface area contributed by atoms with E-state index in [1.807, 2.05) is 6.07 Å². The van der Waals surface area contributed by atoms with Crippen LogP contribution in [0, 0.1) is 5.92 Å². The second-order valence-electron chi connectivity index (χ2n) is 5.27. The normalized spacial score (nSPS) is 15.9. The van der Waals surface area contributed by atoms with E-state index in [1.54, 1.807) is 0 Å². The number of aromatic amines is 1. The van der Waals surface area contributed by atoms with Crippen molar-refractivity contribution in [3.05, 3.63) is 33.2 Å². The third-order valence-corrected chi connectivity index (χ3v) is 3.32. The van der Waals surface area contributed by atoms with Crippen molar-refractivity contribution in [3.8, 4) is 0 Å². The van der Waals surface area contributed by atoms with Crippen molar-refractivity contribution in [2.75, 3.05) is 0 Å². The molecule has 0 bridgehead atoms. The van der Waals surface area contributed by atoms with Crippen LogP contribution in [0.1, 0.15) is 49.9 Å². The molecule has 0 atom stereocenters. The fourth-order valence-electron chi connectivity index (χ4n) is 2.61. The standard InChI is InChI=1S/C14H21NO/c1-10(2)8-13-12-7-5-3-4-6-11(12)9-14(16)15-13/h9-10H,3-8H2,1-2H3,(H,15,16). The van der Waals surface area contributed by atoms with E-state index in [0.717, 1.165) is 19.3 Å². The van der Waals surface area contributed by atoms with Crippen molar-refractivity contribution in [2.45, 2.75) is 52.4 Å². The Morgan fingerprint density at radius 2 is 2.00 bits per heavy atom. The van der Waals surface area contributed by atoms with Gasteiger partial charge in [0, 0.05) is 11.8 Å². The number of rotatable bonds is 2. The molecule has 16 heavy (non-hydrogen) atoms. The highest BCUT2D eigenvalue weighted by molar-refractivity contribution is 5.31. The van der Waals surface area contributed by atoms with E-state index >= 15 is 0 Å². The van der Waals surface area contributed by atoms with Crippen LogP contribution in [-0.4, -0.2) is 4.98 Å². The Hall–Kier alpha value is -1.05. The molecule has 1 aromatic heterocycles. The SMILES string of the molecule is CC(C)Cc1[nH]c(=O)cc2c1CCCCC2. The first kappa shape index (κ1) is 11.4. The van der Waals surface area contributed by atoms with Crippen molar-refractivity contribution < 1.29 is 0 Å². The topological polar surface area (TPSA) is 32.9 Å². The van der Waals surface area contributed by atoms with Crippen LogP contribution in [0.5, 0.6) is 0 Å². The third-order valence-electron chi connectivity index (χ3n) is 3.32. The van der Waals surface area contributed by atoms with Gasteiger partial charge < -0.3 is 4.98 Å². The summed E-state index contributed by atoms with van der Waals surface area (Å²) in [6.45, 7) is 4.41. The number of H-pyrrole nitrogens is 1. The third kappa shape index (κ3) is 2.55. The number of hydrogen-bond acceptors (Lipinski definition) is 1. The van der Waals surface area contributed by atoms with Crippen LogP contribution in [0.15, 0.2) is 10.9 Å².